The summed E-state index contributed by atoms with van der Waals surface area (Å²) < 4.78 is 5.13. The van der Waals surface area contributed by atoms with E-state index in [1.807, 2.05) is 0 Å². The molecule has 2 unspecified atom stereocenters. The van der Waals surface area contributed by atoms with Crippen molar-refractivity contribution in [3.05, 3.63) is 12.7 Å². The highest BCUT2D eigenvalue weighted by atomic mass is 16.6. The standard InChI is InChI=1S/C8H15N3O3/c1-3-4-5-9-8(2)11-10-6(14-8)7(12)13/h3,6,9-11H,1,4-5H2,2H3,(H,12,13)/p-1. The molecule has 14 heavy (non-hydrogen) atoms. The third-order valence-electron chi connectivity index (χ3n) is 1.82. The fourth-order valence-corrected chi connectivity index (χ4v) is 1.10. The molecule has 0 aromatic heterocycles. The zero-order chi connectivity index (χ0) is 10.6. The normalized spacial score (nSPS) is 31.6. The average Bonchev–Trinajstić information content (AvgIpc) is 2.49. The number of rotatable bonds is 5. The van der Waals surface area contributed by atoms with Crippen LogP contribution in [0.2, 0.25) is 0 Å². The molecule has 0 aromatic rings. The van der Waals surface area contributed by atoms with Crippen molar-refractivity contribution in [3.63, 3.8) is 0 Å². The lowest BCUT2D eigenvalue weighted by atomic mass is 10.4. The smallest absolute Gasteiger partial charge is 0.186 e. The Balaban J connectivity index is 2.37. The number of carboxylic acids is 1. The molecule has 0 saturated carbocycles. The van der Waals surface area contributed by atoms with Crippen molar-refractivity contribution in [2.45, 2.75) is 25.4 Å². The Hall–Kier alpha value is -0.950. The minimum atomic E-state index is -1.30. The summed E-state index contributed by atoms with van der Waals surface area (Å²) in [6.45, 7) is 5.90. The molecular weight excluding hydrogens is 186 g/mol. The van der Waals surface area contributed by atoms with Crippen molar-refractivity contribution >= 4 is 5.97 Å². The molecule has 2 atom stereocenters. The topological polar surface area (TPSA) is 85.5 Å². The predicted molar refractivity (Wildman–Crippen MR) is 47.4 cm³/mol. The minimum absolute atomic E-state index is 0.647. The van der Waals surface area contributed by atoms with E-state index in [1.165, 1.54) is 0 Å². The fourth-order valence-electron chi connectivity index (χ4n) is 1.10. The zero-order valence-corrected chi connectivity index (χ0v) is 8.00. The van der Waals surface area contributed by atoms with E-state index in [4.69, 9.17) is 4.74 Å². The third-order valence-corrected chi connectivity index (χ3v) is 1.82. The van der Waals surface area contributed by atoms with E-state index in [-0.39, 0.29) is 0 Å². The van der Waals surface area contributed by atoms with Crippen molar-refractivity contribution in [1.82, 2.24) is 16.2 Å². The van der Waals surface area contributed by atoms with Gasteiger partial charge in [0.05, 0.1) is 5.97 Å². The summed E-state index contributed by atoms with van der Waals surface area (Å²) in [6.07, 6.45) is 1.40. The van der Waals surface area contributed by atoms with E-state index < -0.39 is 18.0 Å². The lowest BCUT2D eigenvalue weighted by Crippen LogP contribution is -2.54. The summed E-state index contributed by atoms with van der Waals surface area (Å²) in [5.74, 6) is -2.18. The number of carboxylic acid groups (broad SMARTS) is 1. The highest BCUT2D eigenvalue weighted by molar-refractivity contribution is 5.69. The summed E-state index contributed by atoms with van der Waals surface area (Å²) in [7, 11) is 0. The molecule has 0 bridgehead atoms. The fraction of sp³-hybridized carbons (Fsp3) is 0.625. The first-order valence-electron chi connectivity index (χ1n) is 4.35. The van der Waals surface area contributed by atoms with Gasteiger partial charge in [-0.1, -0.05) is 6.08 Å². The number of hydrogen-bond donors (Lipinski definition) is 3. The highest BCUT2D eigenvalue weighted by Gasteiger charge is 2.35. The van der Waals surface area contributed by atoms with Crippen molar-refractivity contribution in [1.29, 1.82) is 0 Å². The van der Waals surface area contributed by atoms with Crippen LogP contribution in [0.15, 0.2) is 12.7 Å². The second-order valence-electron chi connectivity index (χ2n) is 3.12. The lowest BCUT2D eigenvalue weighted by Gasteiger charge is -2.24. The van der Waals surface area contributed by atoms with E-state index >= 15 is 0 Å². The Morgan fingerprint density at radius 2 is 2.57 bits per heavy atom. The van der Waals surface area contributed by atoms with Crippen LogP contribution in [0.3, 0.4) is 0 Å². The van der Waals surface area contributed by atoms with E-state index in [9.17, 15) is 9.90 Å². The number of nitrogens with one attached hydrogen (secondary N) is 3. The maximum Gasteiger partial charge on any atom is 0.186 e. The Kier molecular flexibility index (Phi) is 3.59. The minimum Gasteiger partial charge on any atom is -0.546 e. The Morgan fingerprint density at radius 3 is 3.07 bits per heavy atom. The molecule has 0 spiro atoms. The first-order valence-corrected chi connectivity index (χ1v) is 4.35. The van der Waals surface area contributed by atoms with Crippen LogP contribution in [-0.2, 0) is 9.53 Å². The first kappa shape index (κ1) is 11.1. The van der Waals surface area contributed by atoms with Crippen LogP contribution in [0.1, 0.15) is 13.3 Å². The molecular formula is C8H14N3O3-. The molecule has 1 aliphatic rings. The summed E-state index contributed by atoms with van der Waals surface area (Å²) in [6, 6.07) is 0. The van der Waals surface area contributed by atoms with Crippen LogP contribution in [0.25, 0.3) is 0 Å². The SMILES string of the molecule is C=CCCNC1(C)NNC(C(=O)[O-])O1. The number of carbonyl (C=O) groups is 1. The van der Waals surface area contributed by atoms with Gasteiger partial charge in [0.1, 0.15) is 0 Å². The van der Waals surface area contributed by atoms with Gasteiger partial charge in [-0.3, -0.25) is 5.32 Å². The molecule has 0 radical (unpaired) electrons. The van der Waals surface area contributed by atoms with E-state index in [0.717, 1.165) is 6.42 Å². The molecule has 80 valence electrons. The van der Waals surface area contributed by atoms with E-state index in [1.54, 1.807) is 13.0 Å². The molecule has 1 rings (SSSR count). The van der Waals surface area contributed by atoms with Gasteiger partial charge in [-0.15, -0.1) is 6.58 Å². The van der Waals surface area contributed by atoms with Crippen molar-refractivity contribution in [2.75, 3.05) is 6.54 Å². The number of hydrazine groups is 1. The van der Waals surface area contributed by atoms with Gasteiger partial charge in [-0.05, 0) is 13.3 Å². The summed E-state index contributed by atoms with van der Waals surface area (Å²) >= 11 is 0. The molecule has 0 aromatic carbocycles. The van der Waals surface area contributed by atoms with Gasteiger partial charge in [0.2, 0.25) is 0 Å². The molecule has 0 aliphatic carbocycles. The molecule has 0 amide bonds. The molecule has 6 nitrogen and oxygen atoms in total. The predicted octanol–water partition coefficient (Wildman–Crippen LogP) is -1.97. The van der Waals surface area contributed by atoms with Crippen molar-refractivity contribution < 1.29 is 14.6 Å². The van der Waals surface area contributed by atoms with Crippen LogP contribution in [-0.4, -0.2) is 24.6 Å². The second-order valence-corrected chi connectivity index (χ2v) is 3.12. The molecule has 6 heteroatoms. The number of hydrogen-bond acceptors (Lipinski definition) is 6. The molecule has 1 fully saturated rings. The number of aliphatic carboxylic acids is 1. The van der Waals surface area contributed by atoms with Crippen LogP contribution in [0.5, 0.6) is 0 Å². The molecule has 3 N–H and O–H groups in total. The number of carbonyl (C=O) groups excluding carboxylic acids is 1. The van der Waals surface area contributed by atoms with Gasteiger partial charge in [0.15, 0.2) is 12.1 Å². The van der Waals surface area contributed by atoms with Gasteiger partial charge in [-0.25, -0.2) is 10.9 Å². The molecule has 1 heterocycles. The van der Waals surface area contributed by atoms with Crippen LogP contribution < -0.4 is 21.3 Å². The zero-order valence-electron chi connectivity index (χ0n) is 8.00. The largest absolute Gasteiger partial charge is 0.546 e. The van der Waals surface area contributed by atoms with E-state index in [2.05, 4.69) is 22.7 Å². The molecule has 1 aliphatic heterocycles. The van der Waals surface area contributed by atoms with Crippen LogP contribution in [0.4, 0.5) is 0 Å². The maximum atomic E-state index is 10.4. The van der Waals surface area contributed by atoms with Gasteiger partial charge in [-0.2, -0.15) is 0 Å². The monoisotopic (exact) mass is 200 g/mol. The van der Waals surface area contributed by atoms with Gasteiger partial charge >= 0.3 is 0 Å². The van der Waals surface area contributed by atoms with Crippen LogP contribution >= 0.6 is 0 Å². The summed E-state index contributed by atoms with van der Waals surface area (Å²) in [5, 5.41) is 13.4. The van der Waals surface area contributed by atoms with Gasteiger partial charge in [0, 0.05) is 6.54 Å². The highest BCUT2D eigenvalue weighted by Crippen LogP contribution is 2.09. The van der Waals surface area contributed by atoms with E-state index in [0.29, 0.717) is 6.54 Å². The molecule has 1 saturated heterocycles. The lowest BCUT2D eigenvalue weighted by molar-refractivity contribution is -0.318. The van der Waals surface area contributed by atoms with Gasteiger partial charge in [0.25, 0.3) is 0 Å². The Morgan fingerprint density at radius 1 is 1.86 bits per heavy atom. The quantitative estimate of drug-likeness (QED) is 0.352. The summed E-state index contributed by atoms with van der Waals surface area (Å²) in [5.41, 5.74) is 5.14. The van der Waals surface area contributed by atoms with Gasteiger partial charge < -0.3 is 14.6 Å². The first-order chi connectivity index (χ1) is 6.57. The Labute approximate surface area is 82.3 Å². The number of ether oxygens (including phenoxy) is 1. The third kappa shape index (κ3) is 2.78. The van der Waals surface area contributed by atoms with Crippen molar-refractivity contribution in [3.8, 4) is 0 Å². The maximum absolute atomic E-state index is 10.4. The summed E-state index contributed by atoms with van der Waals surface area (Å²) in [4.78, 5) is 10.4. The second kappa shape index (κ2) is 4.52. The van der Waals surface area contributed by atoms with Crippen LogP contribution in [0, 0.1) is 0 Å². The average molecular weight is 200 g/mol. The Bertz CT molecular complexity index is 234. The van der Waals surface area contributed by atoms with Crippen molar-refractivity contribution in [2.24, 2.45) is 0 Å².